The zero-order valence-corrected chi connectivity index (χ0v) is 10.3. The smallest absolute Gasteiger partial charge is 0.337 e. The molecule has 7 heteroatoms. The largest absolute Gasteiger partial charge is 0.465 e. The summed E-state index contributed by atoms with van der Waals surface area (Å²) in [7, 11) is -1.78. The first-order valence-corrected chi connectivity index (χ1v) is 5.77. The third kappa shape index (κ3) is 3.52. The van der Waals surface area contributed by atoms with Crippen molar-refractivity contribution < 1.29 is 22.1 Å². The summed E-state index contributed by atoms with van der Waals surface area (Å²) in [5, 5.41) is 0. The molecule has 2 N–H and O–H groups in total. The van der Waals surface area contributed by atoms with Gasteiger partial charge >= 0.3 is 5.97 Å². The lowest BCUT2D eigenvalue weighted by Gasteiger charge is -2.21. The maximum absolute atomic E-state index is 11.2. The molecule has 17 heavy (non-hydrogen) atoms. The van der Waals surface area contributed by atoms with Crippen LogP contribution >= 0.6 is 0 Å². The van der Waals surface area contributed by atoms with Gasteiger partial charge in [-0.3, -0.25) is 5.73 Å². The number of hydrogen-bond donors (Lipinski definition) is 2. The average molecular weight is 259 g/mol. The van der Waals surface area contributed by atoms with E-state index in [-0.39, 0.29) is 0 Å². The molecule has 0 radical (unpaired) electrons. The Kier molecular flexibility index (Phi) is 4.22. The second kappa shape index (κ2) is 5.26. The van der Waals surface area contributed by atoms with Crippen LogP contribution in [0.2, 0.25) is 0 Å². The Hall–Kier alpha value is -1.44. The number of nitrogens with two attached hydrogens (primary N) is 1. The lowest BCUT2D eigenvalue weighted by Crippen LogP contribution is -2.35. The van der Waals surface area contributed by atoms with E-state index in [1.54, 1.807) is 0 Å². The summed E-state index contributed by atoms with van der Waals surface area (Å²) >= 11 is 0. The van der Waals surface area contributed by atoms with Crippen LogP contribution in [0.4, 0.5) is 0 Å². The van der Waals surface area contributed by atoms with Crippen molar-refractivity contribution in [3.05, 3.63) is 35.4 Å². The average Bonchev–Trinajstić information content (AvgIpc) is 2.26. The van der Waals surface area contributed by atoms with Gasteiger partial charge in [0.15, 0.2) is 5.72 Å². The van der Waals surface area contributed by atoms with Gasteiger partial charge in [0.05, 0.1) is 12.7 Å². The molecule has 1 aromatic carbocycles. The van der Waals surface area contributed by atoms with Crippen LogP contribution in [0.5, 0.6) is 0 Å². The van der Waals surface area contributed by atoms with Gasteiger partial charge in [-0.25, -0.2) is 17.4 Å². The number of hydrogen-bond acceptors (Lipinski definition) is 6. The van der Waals surface area contributed by atoms with E-state index in [0.29, 0.717) is 11.1 Å². The van der Waals surface area contributed by atoms with Crippen LogP contribution in [0, 0.1) is 0 Å². The maximum atomic E-state index is 11.2. The van der Waals surface area contributed by atoms with E-state index in [2.05, 4.69) is 8.92 Å². The van der Waals surface area contributed by atoms with Gasteiger partial charge in [0.2, 0.25) is 0 Å². The highest BCUT2D eigenvalue weighted by atomic mass is 32.2. The molecule has 0 fully saturated rings. The summed E-state index contributed by atoms with van der Waals surface area (Å²) in [6.07, 6.45) is 0. The number of carbonyl (C=O) groups is 1. The van der Waals surface area contributed by atoms with E-state index in [1.165, 1.54) is 38.3 Å². The van der Waals surface area contributed by atoms with Crippen molar-refractivity contribution >= 4 is 17.0 Å². The summed E-state index contributed by atoms with van der Waals surface area (Å²) in [5.41, 5.74) is 5.00. The predicted octanol–water partition coefficient (Wildman–Crippen LogP) is 0.148. The second-order valence-electron chi connectivity index (χ2n) is 3.49. The molecule has 0 bridgehead atoms. The van der Waals surface area contributed by atoms with E-state index in [4.69, 9.17) is 5.73 Å². The zero-order valence-electron chi connectivity index (χ0n) is 9.38. The number of rotatable bonds is 4. The number of benzene rings is 1. The molecule has 1 rings (SSSR count). The molecule has 94 valence electrons. The molecule has 1 unspecified atom stereocenters. The number of ether oxygens (including phenoxy) is 1. The van der Waals surface area contributed by atoms with Gasteiger partial charge < -0.3 is 4.74 Å². The van der Waals surface area contributed by atoms with Gasteiger partial charge in [-0.05, 0) is 24.6 Å². The van der Waals surface area contributed by atoms with Gasteiger partial charge in [-0.1, -0.05) is 12.1 Å². The summed E-state index contributed by atoms with van der Waals surface area (Å²) in [4.78, 5) is 11.2. The molecule has 0 aliphatic carbocycles. The minimum atomic E-state index is -3.05. The topological polar surface area (TPSA) is 95.7 Å². The van der Waals surface area contributed by atoms with Crippen molar-refractivity contribution in [2.45, 2.75) is 12.6 Å². The number of thiol groups is 1. The highest BCUT2D eigenvalue weighted by molar-refractivity contribution is 7.67. The molecule has 6 nitrogen and oxygen atoms in total. The monoisotopic (exact) mass is 259 g/mol. The Morgan fingerprint density at radius 3 is 2.24 bits per heavy atom. The van der Waals surface area contributed by atoms with E-state index in [0.717, 1.165) is 0 Å². The van der Waals surface area contributed by atoms with Crippen molar-refractivity contribution in [3.8, 4) is 0 Å². The minimum Gasteiger partial charge on any atom is -0.465 e. The summed E-state index contributed by atoms with van der Waals surface area (Å²) in [6.45, 7) is 1.41. The van der Waals surface area contributed by atoms with E-state index < -0.39 is 22.7 Å². The molecule has 0 saturated heterocycles. The molecule has 0 amide bonds. The van der Waals surface area contributed by atoms with Crippen LogP contribution in [-0.2, 0) is 25.6 Å². The molecule has 0 aromatic heterocycles. The molecule has 0 aliphatic rings. The maximum Gasteiger partial charge on any atom is 0.337 e. The standard InChI is InChI=1S/C10H13NO5S/c1-10(11,16-17(13)14)8-5-3-7(4-6-8)9(12)15-2/h3-6,17H,11H2,1-2H3. The highest BCUT2D eigenvalue weighted by Gasteiger charge is 2.23. The third-order valence-electron chi connectivity index (χ3n) is 2.14. The van der Waals surface area contributed by atoms with Gasteiger partial charge in [-0.15, -0.1) is 0 Å². The number of esters is 1. The van der Waals surface area contributed by atoms with Gasteiger partial charge in [0.25, 0.3) is 11.0 Å². The summed E-state index contributed by atoms with van der Waals surface area (Å²) in [6, 6.07) is 5.97. The number of methoxy groups -OCH3 is 1. The zero-order chi connectivity index (χ0) is 13.1. The second-order valence-corrected chi connectivity index (χ2v) is 4.12. The first kappa shape index (κ1) is 13.6. The molecule has 1 aromatic rings. The number of carbonyl (C=O) groups excluding carboxylic acids is 1. The summed E-state index contributed by atoms with van der Waals surface area (Å²) < 4.78 is 30.0. The van der Waals surface area contributed by atoms with Crippen molar-refractivity contribution in [1.29, 1.82) is 0 Å². The SMILES string of the molecule is COC(=O)c1ccc(C(C)(N)O[SH](=O)=O)cc1. The first-order chi connectivity index (χ1) is 7.86. The van der Waals surface area contributed by atoms with Gasteiger partial charge in [-0.2, -0.15) is 0 Å². The summed E-state index contributed by atoms with van der Waals surface area (Å²) in [5.74, 6) is -0.480. The van der Waals surface area contributed by atoms with Crippen molar-refractivity contribution in [3.63, 3.8) is 0 Å². The van der Waals surface area contributed by atoms with Crippen molar-refractivity contribution in [1.82, 2.24) is 0 Å². The Morgan fingerprint density at radius 1 is 1.29 bits per heavy atom. The van der Waals surface area contributed by atoms with E-state index in [1.807, 2.05) is 0 Å². The lowest BCUT2D eigenvalue weighted by molar-refractivity contribution is 0.0600. The van der Waals surface area contributed by atoms with Gasteiger partial charge in [0.1, 0.15) is 0 Å². The first-order valence-electron chi connectivity index (χ1n) is 4.68. The Bertz CT molecular complexity index is 470. The predicted molar refractivity (Wildman–Crippen MR) is 60.7 cm³/mol. The lowest BCUT2D eigenvalue weighted by atomic mass is 10.0. The molecule has 0 aliphatic heterocycles. The van der Waals surface area contributed by atoms with Crippen molar-refractivity contribution in [2.24, 2.45) is 5.73 Å². The van der Waals surface area contributed by atoms with Crippen LogP contribution in [0.25, 0.3) is 0 Å². The molecule has 0 heterocycles. The molecular formula is C10H13NO5S. The molecule has 1 atom stereocenters. The van der Waals surface area contributed by atoms with Crippen LogP contribution < -0.4 is 5.73 Å². The fraction of sp³-hybridized carbons (Fsp3) is 0.300. The fourth-order valence-electron chi connectivity index (χ4n) is 1.26. The fourth-order valence-corrected chi connectivity index (χ4v) is 1.68. The van der Waals surface area contributed by atoms with Gasteiger partial charge in [0, 0.05) is 0 Å². The molecular weight excluding hydrogens is 246 g/mol. The van der Waals surface area contributed by atoms with Crippen LogP contribution in [-0.4, -0.2) is 21.5 Å². The Morgan fingerprint density at radius 2 is 1.82 bits per heavy atom. The van der Waals surface area contributed by atoms with Crippen LogP contribution in [0.1, 0.15) is 22.8 Å². The van der Waals surface area contributed by atoms with E-state index in [9.17, 15) is 13.2 Å². The molecule has 0 saturated carbocycles. The van der Waals surface area contributed by atoms with Crippen molar-refractivity contribution in [2.75, 3.05) is 7.11 Å². The third-order valence-corrected chi connectivity index (χ3v) is 2.67. The molecule has 0 spiro atoms. The Labute approximate surface area is 100 Å². The van der Waals surface area contributed by atoms with Crippen LogP contribution in [0.3, 0.4) is 0 Å². The van der Waals surface area contributed by atoms with Crippen LogP contribution in [0.15, 0.2) is 24.3 Å². The minimum absolute atomic E-state index is 0.346. The highest BCUT2D eigenvalue weighted by Crippen LogP contribution is 2.20. The van der Waals surface area contributed by atoms with E-state index >= 15 is 0 Å². The normalized spacial score (nSPS) is 14.4. The quantitative estimate of drug-likeness (QED) is 0.454. The Balaban J connectivity index is 2.98.